The second-order valence-electron chi connectivity index (χ2n) is 10.4. The summed E-state index contributed by atoms with van der Waals surface area (Å²) in [6, 6.07) is 2.86. The number of carbonyl (C=O) groups is 1. The van der Waals surface area contributed by atoms with Crippen molar-refractivity contribution < 1.29 is 18.3 Å². The third-order valence-electron chi connectivity index (χ3n) is 5.48. The van der Waals surface area contributed by atoms with Crippen LogP contribution in [0.3, 0.4) is 0 Å². The van der Waals surface area contributed by atoms with Crippen LogP contribution in [-0.4, -0.2) is 42.2 Å². The fourth-order valence-electron chi connectivity index (χ4n) is 2.98. The van der Waals surface area contributed by atoms with Gasteiger partial charge in [0.25, 0.3) is 0 Å². The first kappa shape index (κ1) is 25.8. The minimum Gasteiger partial charge on any atom is -0.444 e. The summed E-state index contributed by atoms with van der Waals surface area (Å²) >= 11 is 3.47. The molecular weight excluding hydrogens is 481 g/mol. The second-order valence-corrected chi connectivity index (χ2v) is 16.0. The molecule has 0 saturated heterocycles. The Kier molecular flexibility index (Phi) is 7.65. The number of alkyl carbamates (subject to hydrolysis) is 1. The molecule has 1 amide bonds. The highest BCUT2D eigenvalue weighted by Gasteiger charge is 2.39. The van der Waals surface area contributed by atoms with Crippen molar-refractivity contribution in [2.45, 2.75) is 84.8 Å². The van der Waals surface area contributed by atoms with E-state index in [4.69, 9.17) is 9.16 Å². The number of rotatable bonds is 6. The Bertz CT molecular complexity index is 948. The van der Waals surface area contributed by atoms with E-state index in [1.807, 2.05) is 32.3 Å². The molecule has 1 heterocycles. The summed E-state index contributed by atoms with van der Waals surface area (Å²) < 4.78 is 28.5. The minimum absolute atomic E-state index is 0.00688. The first-order valence-corrected chi connectivity index (χ1v) is 14.2. The predicted octanol–water partition coefficient (Wildman–Crippen LogP) is 6.16. The Morgan fingerprint density at radius 1 is 1.26 bits per heavy atom. The topological polar surface area (TPSA) is 65.4 Å². The number of amides is 1. The van der Waals surface area contributed by atoms with E-state index in [-0.39, 0.29) is 17.0 Å². The van der Waals surface area contributed by atoms with Crippen LogP contribution in [-0.2, 0) is 15.7 Å². The van der Waals surface area contributed by atoms with Gasteiger partial charge in [-0.3, -0.25) is 0 Å². The number of ether oxygens (including phenoxy) is 1. The van der Waals surface area contributed by atoms with Crippen LogP contribution < -0.4 is 5.32 Å². The molecule has 0 fully saturated rings. The third-order valence-corrected chi connectivity index (χ3v) is 10.6. The standard InChI is InChI=1S/C22H35BrFN3O3Si/c1-14-26-18-11-15(24)10-17(23)19(18)27(14)13-16(30-31(8,9)22(5,6)7)12-25-20(28)29-21(2,3)4/h10-11,16H,12-13H2,1-9H3,(H,25,28)/t16-/m0/s1. The Morgan fingerprint density at radius 2 is 1.87 bits per heavy atom. The largest absolute Gasteiger partial charge is 0.444 e. The van der Waals surface area contributed by atoms with Gasteiger partial charge in [0.2, 0.25) is 0 Å². The number of nitrogens with zero attached hydrogens (tertiary/aromatic N) is 2. The minimum atomic E-state index is -2.13. The van der Waals surface area contributed by atoms with Gasteiger partial charge in [-0.25, -0.2) is 14.2 Å². The number of carbonyl (C=O) groups excluding carboxylic acids is 1. The zero-order chi connectivity index (χ0) is 23.8. The maximum absolute atomic E-state index is 13.8. The van der Waals surface area contributed by atoms with Crippen molar-refractivity contribution in [3.05, 3.63) is 28.2 Å². The van der Waals surface area contributed by atoms with Crippen LogP contribution in [0.15, 0.2) is 16.6 Å². The number of nitrogens with one attached hydrogen (secondary N) is 1. The molecule has 0 unspecified atom stereocenters. The summed E-state index contributed by atoms with van der Waals surface area (Å²) in [5, 5.41) is 2.85. The molecule has 2 rings (SSSR count). The molecular formula is C22H35BrFN3O3Si. The first-order valence-electron chi connectivity index (χ1n) is 10.5. The van der Waals surface area contributed by atoms with Gasteiger partial charge in [-0.2, -0.15) is 0 Å². The Labute approximate surface area is 194 Å². The van der Waals surface area contributed by atoms with Crippen molar-refractivity contribution >= 4 is 41.4 Å². The third kappa shape index (κ3) is 6.76. The van der Waals surface area contributed by atoms with Gasteiger partial charge >= 0.3 is 6.09 Å². The molecule has 1 N–H and O–H groups in total. The molecule has 0 aliphatic rings. The van der Waals surface area contributed by atoms with Crippen LogP contribution in [0.2, 0.25) is 18.1 Å². The number of hydrogen-bond acceptors (Lipinski definition) is 4. The Morgan fingerprint density at radius 3 is 2.42 bits per heavy atom. The summed E-state index contributed by atoms with van der Waals surface area (Å²) in [6.45, 7) is 19.0. The van der Waals surface area contributed by atoms with E-state index in [2.05, 4.69) is 60.1 Å². The van der Waals surface area contributed by atoms with Crippen LogP contribution >= 0.6 is 15.9 Å². The number of benzene rings is 1. The van der Waals surface area contributed by atoms with Gasteiger partial charge < -0.3 is 19.0 Å². The van der Waals surface area contributed by atoms with E-state index in [1.54, 1.807) is 0 Å². The molecule has 0 bridgehead atoms. The average Bonchev–Trinajstić information content (AvgIpc) is 2.85. The lowest BCUT2D eigenvalue weighted by Crippen LogP contribution is -2.48. The van der Waals surface area contributed by atoms with Crippen molar-refractivity contribution in [2.75, 3.05) is 6.54 Å². The maximum Gasteiger partial charge on any atom is 0.407 e. The molecule has 0 aliphatic carbocycles. The second kappa shape index (κ2) is 9.19. The molecule has 6 nitrogen and oxygen atoms in total. The first-order chi connectivity index (χ1) is 14.0. The van der Waals surface area contributed by atoms with Crippen molar-refractivity contribution in [1.29, 1.82) is 0 Å². The summed E-state index contributed by atoms with van der Waals surface area (Å²) in [5.41, 5.74) is 0.807. The molecule has 0 radical (unpaired) electrons. The Balaban J connectivity index is 2.34. The lowest BCUT2D eigenvalue weighted by molar-refractivity contribution is 0.0490. The van der Waals surface area contributed by atoms with Crippen LogP contribution in [0.4, 0.5) is 9.18 Å². The molecule has 31 heavy (non-hydrogen) atoms. The number of halogens is 2. The van der Waals surface area contributed by atoms with Crippen molar-refractivity contribution in [1.82, 2.24) is 14.9 Å². The number of imidazole rings is 1. The molecule has 2 aromatic rings. The highest BCUT2D eigenvalue weighted by molar-refractivity contribution is 9.10. The van der Waals surface area contributed by atoms with E-state index in [0.29, 0.717) is 23.1 Å². The van der Waals surface area contributed by atoms with Gasteiger partial charge in [-0.15, -0.1) is 0 Å². The molecule has 174 valence electrons. The van der Waals surface area contributed by atoms with E-state index in [0.717, 1.165) is 11.3 Å². The fraction of sp³-hybridized carbons (Fsp3) is 0.636. The summed E-state index contributed by atoms with van der Waals surface area (Å²) in [7, 11) is -2.13. The number of aryl methyl sites for hydroxylation is 1. The van der Waals surface area contributed by atoms with E-state index >= 15 is 0 Å². The van der Waals surface area contributed by atoms with Gasteiger partial charge in [-0.1, -0.05) is 20.8 Å². The number of fused-ring (bicyclic) bond motifs is 1. The molecule has 0 saturated carbocycles. The van der Waals surface area contributed by atoms with Crippen molar-refractivity contribution in [3.63, 3.8) is 0 Å². The van der Waals surface area contributed by atoms with Gasteiger partial charge in [-0.05, 0) is 67.8 Å². The van der Waals surface area contributed by atoms with Crippen molar-refractivity contribution in [2.24, 2.45) is 0 Å². The zero-order valence-corrected chi connectivity index (χ0v) is 22.6. The van der Waals surface area contributed by atoms with Crippen LogP contribution in [0.1, 0.15) is 47.4 Å². The molecule has 1 aromatic carbocycles. The maximum atomic E-state index is 13.8. The van der Waals surface area contributed by atoms with Crippen molar-refractivity contribution in [3.8, 4) is 0 Å². The normalized spacial score (nSPS) is 14.0. The van der Waals surface area contributed by atoms with E-state index in [1.165, 1.54) is 12.1 Å². The van der Waals surface area contributed by atoms with Crippen LogP contribution in [0.25, 0.3) is 11.0 Å². The Hall–Kier alpha value is -1.45. The zero-order valence-electron chi connectivity index (χ0n) is 20.0. The van der Waals surface area contributed by atoms with Crippen LogP contribution in [0.5, 0.6) is 0 Å². The summed E-state index contributed by atoms with van der Waals surface area (Å²) in [6.07, 6.45) is -0.784. The van der Waals surface area contributed by atoms with Gasteiger partial charge in [0.05, 0.1) is 23.7 Å². The lowest BCUT2D eigenvalue weighted by Gasteiger charge is -2.39. The SMILES string of the molecule is Cc1nc2cc(F)cc(Br)c2n1C[C@H](CNC(=O)OC(C)(C)C)O[Si](C)(C)C(C)(C)C. The number of aromatic nitrogens is 2. The molecule has 1 atom stereocenters. The smallest absolute Gasteiger partial charge is 0.407 e. The summed E-state index contributed by atoms with van der Waals surface area (Å²) in [4.78, 5) is 16.8. The van der Waals surface area contributed by atoms with Gasteiger partial charge in [0, 0.05) is 17.1 Å². The monoisotopic (exact) mass is 515 g/mol. The quantitative estimate of drug-likeness (QED) is 0.467. The molecule has 0 aliphatic heterocycles. The predicted molar refractivity (Wildman–Crippen MR) is 128 cm³/mol. The van der Waals surface area contributed by atoms with Crippen LogP contribution in [0, 0.1) is 12.7 Å². The van der Waals surface area contributed by atoms with E-state index < -0.39 is 20.0 Å². The molecule has 9 heteroatoms. The highest BCUT2D eigenvalue weighted by Crippen LogP contribution is 2.37. The van der Waals surface area contributed by atoms with Gasteiger partial charge in [0.1, 0.15) is 17.2 Å². The van der Waals surface area contributed by atoms with Gasteiger partial charge in [0.15, 0.2) is 8.32 Å². The van der Waals surface area contributed by atoms with E-state index in [9.17, 15) is 9.18 Å². The lowest BCUT2D eigenvalue weighted by atomic mass is 10.2. The number of hydrogen-bond donors (Lipinski definition) is 1. The highest BCUT2D eigenvalue weighted by atomic mass is 79.9. The summed E-state index contributed by atoms with van der Waals surface area (Å²) in [5.74, 6) is 0.409. The fourth-order valence-corrected chi connectivity index (χ4v) is 4.96. The molecule has 1 aromatic heterocycles. The molecule has 0 spiro atoms. The average molecular weight is 517 g/mol.